The molecule has 0 radical (unpaired) electrons. The number of nitrogen functional groups attached to an aromatic ring is 1. The van der Waals surface area contributed by atoms with Gasteiger partial charge in [-0.25, -0.2) is 10.2 Å². The van der Waals surface area contributed by atoms with Crippen LogP contribution < -0.4 is 15.6 Å². The van der Waals surface area contributed by atoms with Crippen molar-refractivity contribution in [2.75, 3.05) is 30.5 Å². The first-order chi connectivity index (χ1) is 15.8. The van der Waals surface area contributed by atoms with Crippen molar-refractivity contribution in [2.45, 2.75) is 31.8 Å². The number of nitrogens with one attached hydrogen (secondary N) is 1. The van der Waals surface area contributed by atoms with Crippen LogP contribution in [0.25, 0.3) is 0 Å². The number of rotatable bonds is 7. The third-order valence-electron chi connectivity index (χ3n) is 6.18. The second kappa shape index (κ2) is 9.90. The maximum absolute atomic E-state index is 13.8. The highest BCUT2D eigenvalue weighted by molar-refractivity contribution is 7.90. The normalized spacial score (nSPS) is 18.0. The van der Waals surface area contributed by atoms with Crippen molar-refractivity contribution in [2.24, 2.45) is 5.84 Å². The molecule has 2 aromatic rings. The number of aromatic nitrogens is 1. The van der Waals surface area contributed by atoms with Gasteiger partial charge < -0.3 is 0 Å². The van der Waals surface area contributed by atoms with E-state index in [2.05, 4.69) is 9.88 Å². The number of carbonyl (C=O) groups is 1. The Balaban J connectivity index is 1.59. The number of amides is 1. The Morgan fingerprint density at radius 2 is 1.94 bits per heavy atom. The molecule has 1 saturated heterocycles. The quantitative estimate of drug-likeness (QED) is 0.344. The number of halogens is 2. The number of hydrogen-bond acceptors (Lipinski definition) is 6. The maximum Gasteiger partial charge on any atom is 0.304 e. The summed E-state index contributed by atoms with van der Waals surface area (Å²) in [6, 6.07) is 7.40. The molecule has 1 saturated carbocycles. The SMILES string of the molecule is NNC(=O)c1ccc(CN(c2ccc(F)c(Cl)c2)S(=O)(=O)N2CCN(C3CCC3)CC2)nc1. The molecular weight excluding hydrogens is 471 g/mol. The lowest BCUT2D eigenvalue weighted by Gasteiger charge is -2.43. The van der Waals surface area contributed by atoms with E-state index >= 15 is 0 Å². The summed E-state index contributed by atoms with van der Waals surface area (Å²) >= 11 is 5.96. The fraction of sp³-hybridized carbons (Fsp3) is 0.429. The molecule has 1 aromatic carbocycles. The van der Waals surface area contributed by atoms with E-state index in [9.17, 15) is 17.6 Å². The molecule has 1 aliphatic carbocycles. The molecule has 9 nitrogen and oxygen atoms in total. The highest BCUT2D eigenvalue weighted by Crippen LogP contribution is 2.30. The minimum atomic E-state index is -3.95. The number of pyridine rings is 1. The van der Waals surface area contributed by atoms with Crippen LogP contribution in [0.5, 0.6) is 0 Å². The molecule has 0 atom stereocenters. The van der Waals surface area contributed by atoms with Crippen molar-refractivity contribution >= 4 is 33.4 Å². The molecule has 2 aliphatic rings. The molecule has 12 heteroatoms. The van der Waals surface area contributed by atoms with Crippen molar-refractivity contribution < 1.29 is 17.6 Å². The molecule has 3 N–H and O–H groups in total. The Hall–Kier alpha value is -2.31. The standard InChI is InChI=1S/C21H26ClFN6O3S/c22-19-12-18(6-7-20(19)23)29(14-16-5-4-15(13-25-16)21(30)26-24)33(31,32)28-10-8-27(9-11-28)17-2-1-3-17/h4-7,12-13,17H,1-3,8-11,14,24H2,(H,26,30). The van der Waals surface area contributed by atoms with Crippen LogP contribution in [0.15, 0.2) is 36.5 Å². The topological polar surface area (TPSA) is 112 Å². The molecule has 1 amide bonds. The summed E-state index contributed by atoms with van der Waals surface area (Å²) in [6.07, 6.45) is 4.87. The van der Waals surface area contributed by atoms with Crippen LogP contribution in [0.1, 0.15) is 35.3 Å². The molecule has 2 fully saturated rings. The van der Waals surface area contributed by atoms with E-state index < -0.39 is 21.9 Å². The Bertz CT molecular complexity index is 1110. The molecule has 2 heterocycles. The molecule has 0 spiro atoms. The Morgan fingerprint density at radius 3 is 2.48 bits per heavy atom. The van der Waals surface area contributed by atoms with Gasteiger partial charge in [-0.1, -0.05) is 18.0 Å². The first-order valence-electron chi connectivity index (χ1n) is 10.7. The molecular formula is C21H26ClFN6O3S. The summed E-state index contributed by atoms with van der Waals surface area (Å²) in [5, 5.41) is -0.176. The number of nitrogens with two attached hydrogens (primary N) is 1. The fourth-order valence-corrected chi connectivity index (χ4v) is 5.77. The van der Waals surface area contributed by atoms with Gasteiger partial charge in [-0.05, 0) is 43.2 Å². The van der Waals surface area contributed by atoms with Crippen LogP contribution in [0.3, 0.4) is 0 Å². The van der Waals surface area contributed by atoms with E-state index in [4.69, 9.17) is 17.4 Å². The third kappa shape index (κ3) is 5.12. The molecule has 0 bridgehead atoms. The predicted molar refractivity (Wildman–Crippen MR) is 123 cm³/mol. The largest absolute Gasteiger partial charge is 0.304 e. The first-order valence-corrected chi connectivity index (χ1v) is 12.5. The second-order valence-corrected chi connectivity index (χ2v) is 10.4. The van der Waals surface area contributed by atoms with E-state index in [1.165, 1.54) is 39.4 Å². The lowest BCUT2D eigenvalue weighted by atomic mass is 9.91. The number of hydrogen-bond donors (Lipinski definition) is 2. The number of carbonyl (C=O) groups excluding carboxylic acids is 1. The maximum atomic E-state index is 13.8. The van der Waals surface area contributed by atoms with Crippen molar-refractivity contribution in [1.29, 1.82) is 0 Å². The Kier molecular flexibility index (Phi) is 7.15. The highest BCUT2D eigenvalue weighted by atomic mass is 35.5. The molecule has 33 heavy (non-hydrogen) atoms. The molecule has 178 valence electrons. The summed E-state index contributed by atoms with van der Waals surface area (Å²) in [5.74, 6) is 4.00. The van der Waals surface area contributed by atoms with Crippen LogP contribution in [-0.2, 0) is 16.8 Å². The van der Waals surface area contributed by atoms with Gasteiger partial charge in [-0.2, -0.15) is 12.7 Å². The molecule has 0 unspecified atom stereocenters. The van der Waals surface area contributed by atoms with Gasteiger partial charge in [0.1, 0.15) is 5.82 Å². The summed E-state index contributed by atoms with van der Waals surface area (Å²) in [5.41, 5.74) is 2.90. The van der Waals surface area contributed by atoms with E-state index in [0.29, 0.717) is 37.9 Å². The van der Waals surface area contributed by atoms with E-state index in [0.717, 1.165) is 18.9 Å². The van der Waals surface area contributed by atoms with Gasteiger partial charge in [0.2, 0.25) is 0 Å². The lowest BCUT2D eigenvalue weighted by Crippen LogP contribution is -2.56. The number of hydrazine groups is 1. The monoisotopic (exact) mass is 496 g/mol. The first kappa shape index (κ1) is 23.8. The van der Waals surface area contributed by atoms with Gasteiger partial charge >= 0.3 is 10.2 Å². The van der Waals surface area contributed by atoms with Crippen molar-refractivity contribution in [1.82, 2.24) is 19.6 Å². The van der Waals surface area contributed by atoms with Crippen molar-refractivity contribution in [3.05, 3.63) is 58.6 Å². The van der Waals surface area contributed by atoms with Crippen molar-refractivity contribution in [3.8, 4) is 0 Å². The van der Waals surface area contributed by atoms with Gasteiger partial charge in [-0.3, -0.25) is 24.4 Å². The fourth-order valence-electron chi connectivity index (χ4n) is 4.02. The van der Waals surface area contributed by atoms with Crippen molar-refractivity contribution in [3.63, 3.8) is 0 Å². The lowest BCUT2D eigenvalue weighted by molar-refractivity contribution is 0.0888. The molecule has 1 aliphatic heterocycles. The smallest absolute Gasteiger partial charge is 0.298 e. The van der Waals surface area contributed by atoms with Gasteiger partial charge in [0, 0.05) is 38.4 Å². The number of anilines is 1. The summed E-state index contributed by atoms with van der Waals surface area (Å²) in [4.78, 5) is 18.2. The summed E-state index contributed by atoms with van der Waals surface area (Å²) < 4.78 is 43.7. The Labute approximate surface area is 197 Å². The summed E-state index contributed by atoms with van der Waals surface area (Å²) in [6.45, 7) is 1.96. The van der Waals surface area contributed by atoms with E-state index in [-0.39, 0.29) is 22.8 Å². The number of benzene rings is 1. The van der Waals surface area contributed by atoms with Gasteiger partial charge in [0.15, 0.2) is 0 Å². The number of piperazine rings is 1. The average Bonchev–Trinajstić information content (AvgIpc) is 2.78. The zero-order valence-electron chi connectivity index (χ0n) is 18.0. The van der Waals surface area contributed by atoms with Crippen LogP contribution in [0, 0.1) is 5.82 Å². The summed E-state index contributed by atoms with van der Waals surface area (Å²) in [7, 11) is -3.95. The average molecular weight is 497 g/mol. The van der Waals surface area contributed by atoms with Gasteiger partial charge in [0.05, 0.1) is 28.5 Å². The third-order valence-corrected chi connectivity index (χ3v) is 8.39. The second-order valence-electron chi connectivity index (χ2n) is 8.14. The minimum absolute atomic E-state index is 0.113. The van der Waals surface area contributed by atoms with Gasteiger partial charge in [0.25, 0.3) is 5.91 Å². The van der Waals surface area contributed by atoms with E-state index in [1.54, 1.807) is 6.07 Å². The zero-order chi connectivity index (χ0) is 23.6. The molecule has 1 aromatic heterocycles. The zero-order valence-corrected chi connectivity index (χ0v) is 19.5. The van der Waals surface area contributed by atoms with Crippen LogP contribution in [-0.4, -0.2) is 60.7 Å². The number of nitrogens with zero attached hydrogens (tertiary/aromatic N) is 4. The predicted octanol–water partition coefficient (Wildman–Crippen LogP) is 1.90. The Morgan fingerprint density at radius 1 is 1.21 bits per heavy atom. The minimum Gasteiger partial charge on any atom is -0.298 e. The van der Waals surface area contributed by atoms with Crippen LogP contribution in [0.2, 0.25) is 5.02 Å². The van der Waals surface area contributed by atoms with Crippen LogP contribution >= 0.6 is 11.6 Å². The highest BCUT2D eigenvalue weighted by Gasteiger charge is 2.36. The van der Waals surface area contributed by atoms with Crippen LogP contribution in [0.4, 0.5) is 10.1 Å². The molecule has 4 rings (SSSR count). The van der Waals surface area contributed by atoms with E-state index in [1.807, 2.05) is 5.43 Å². The van der Waals surface area contributed by atoms with Gasteiger partial charge in [-0.15, -0.1) is 0 Å².